The number of rotatable bonds is 3. The number of hydrogen-bond donors (Lipinski definition) is 0. The van der Waals surface area contributed by atoms with Crippen molar-refractivity contribution in [3.05, 3.63) is 50.8 Å². The Balaban J connectivity index is 1.50. The Labute approximate surface area is 182 Å². The van der Waals surface area contributed by atoms with Gasteiger partial charge in [0, 0.05) is 49.2 Å². The number of halogens is 3. The Morgan fingerprint density at radius 2 is 1.94 bits per heavy atom. The third-order valence-electron chi connectivity index (χ3n) is 6.81. The Hall–Kier alpha value is -2.91. The lowest BCUT2D eigenvalue weighted by atomic mass is 10.0. The molecule has 3 aromatic rings. The number of aromatic nitrogens is 5. The van der Waals surface area contributed by atoms with Crippen molar-refractivity contribution < 1.29 is 13.2 Å². The standard InChI is InChI=1S/C22H25F3N6O/c1-13-14(2)31-20(28-30(21(31)32)11-15-5-3-4-6-15)27-19(13)29-8-7-18-16(12-29)9-17(10-26-18)22(23,24)25/h9-10,15H,3-8,11-12H2,1-2H3. The molecule has 0 aromatic carbocycles. The van der Waals surface area contributed by atoms with Crippen LogP contribution in [0.3, 0.4) is 0 Å². The van der Waals surface area contributed by atoms with Gasteiger partial charge in [0.15, 0.2) is 0 Å². The van der Waals surface area contributed by atoms with E-state index in [9.17, 15) is 18.0 Å². The number of fused-ring (bicyclic) bond motifs is 2. The number of aryl methyl sites for hydroxylation is 1. The number of hydrogen-bond acceptors (Lipinski definition) is 5. The van der Waals surface area contributed by atoms with Crippen LogP contribution in [0.5, 0.6) is 0 Å². The summed E-state index contributed by atoms with van der Waals surface area (Å²) >= 11 is 0. The van der Waals surface area contributed by atoms with Crippen LogP contribution in [0.2, 0.25) is 0 Å². The van der Waals surface area contributed by atoms with E-state index in [2.05, 4.69) is 15.1 Å². The summed E-state index contributed by atoms with van der Waals surface area (Å²) in [5.74, 6) is 1.45. The summed E-state index contributed by atoms with van der Waals surface area (Å²) in [6.07, 6.45) is 1.60. The maximum absolute atomic E-state index is 13.1. The molecule has 1 aliphatic carbocycles. The molecule has 0 amide bonds. The first-order chi connectivity index (χ1) is 15.2. The van der Waals surface area contributed by atoms with Crippen LogP contribution < -0.4 is 10.6 Å². The Bertz CT molecular complexity index is 1240. The number of pyridine rings is 1. The van der Waals surface area contributed by atoms with Crippen molar-refractivity contribution in [2.45, 2.75) is 65.2 Å². The average Bonchev–Trinajstić information content (AvgIpc) is 3.37. The van der Waals surface area contributed by atoms with Gasteiger partial charge in [0.2, 0.25) is 0 Å². The van der Waals surface area contributed by atoms with Gasteiger partial charge in [-0.2, -0.15) is 18.2 Å². The van der Waals surface area contributed by atoms with Crippen molar-refractivity contribution in [2.75, 3.05) is 11.4 Å². The van der Waals surface area contributed by atoms with Crippen molar-refractivity contribution in [1.29, 1.82) is 0 Å². The molecule has 0 atom stereocenters. The van der Waals surface area contributed by atoms with E-state index in [0.717, 1.165) is 30.3 Å². The molecule has 0 N–H and O–H groups in total. The molecule has 0 bridgehead atoms. The summed E-state index contributed by atoms with van der Waals surface area (Å²) in [5.41, 5.74) is 1.88. The Morgan fingerprint density at radius 3 is 2.66 bits per heavy atom. The molecule has 10 heteroatoms. The van der Waals surface area contributed by atoms with E-state index in [1.165, 1.54) is 28.0 Å². The van der Waals surface area contributed by atoms with Gasteiger partial charge in [0.05, 0.1) is 5.56 Å². The molecule has 0 radical (unpaired) electrons. The molecule has 2 aliphatic rings. The quantitative estimate of drug-likeness (QED) is 0.614. The van der Waals surface area contributed by atoms with Crippen molar-refractivity contribution in [2.24, 2.45) is 5.92 Å². The molecule has 1 fully saturated rings. The fraction of sp³-hybridized carbons (Fsp3) is 0.545. The third-order valence-corrected chi connectivity index (χ3v) is 6.81. The molecule has 1 aliphatic heterocycles. The smallest absolute Gasteiger partial charge is 0.351 e. The number of alkyl halides is 3. The highest BCUT2D eigenvalue weighted by Gasteiger charge is 2.33. The van der Waals surface area contributed by atoms with E-state index in [0.29, 0.717) is 48.3 Å². The topological polar surface area (TPSA) is 68.3 Å². The molecule has 1 saturated carbocycles. The first-order valence-electron chi connectivity index (χ1n) is 11.0. The summed E-state index contributed by atoms with van der Waals surface area (Å²) in [5, 5.41) is 4.49. The van der Waals surface area contributed by atoms with Crippen LogP contribution in [0.15, 0.2) is 17.1 Å². The highest BCUT2D eigenvalue weighted by Crippen LogP contribution is 2.32. The van der Waals surface area contributed by atoms with Crippen LogP contribution in [-0.2, 0) is 25.7 Å². The van der Waals surface area contributed by atoms with Crippen molar-refractivity contribution in [3.8, 4) is 0 Å². The summed E-state index contributed by atoms with van der Waals surface area (Å²) in [6.45, 7) is 5.21. The predicted octanol–water partition coefficient (Wildman–Crippen LogP) is 3.67. The van der Waals surface area contributed by atoms with Crippen LogP contribution in [-0.4, -0.2) is 30.7 Å². The first kappa shape index (κ1) is 21.0. The summed E-state index contributed by atoms with van der Waals surface area (Å²) < 4.78 is 42.5. The zero-order valence-electron chi connectivity index (χ0n) is 18.1. The van der Waals surface area contributed by atoms with Gasteiger partial charge in [-0.25, -0.2) is 13.9 Å². The minimum absolute atomic E-state index is 0.186. The number of anilines is 1. The van der Waals surface area contributed by atoms with Crippen LogP contribution in [0.4, 0.5) is 19.0 Å². The van der Waals surface area contributed by atoms with E-state index < -0.39 is 11.7 Å². The monoisotopic (exact) mass is 446 g/mol. The van der Waals surface area contributed by atoms with Gasteiger partial charge in [0.1, 0.15) is 5.82 Å². The van der Waals surface area contributed by atoms with Gasteiger partial charge in [-0.05, 0) is 44.2 Å². The Kier molecular flexibility index (Phi) is 4.98. The molecule has 3 aromatic heterocycles. The van der Waals surface area contributed by atoms with Crippen LogP contribution in [0, 0.1) is 19.8 Å². The van der Waals surface area contributed by atoms with E-state index in [-0.39, 0.29) is 12.2 Å². The second-order valence-corrected chi connectivity index (χ2v) is 8.90. The van der Waals surface area contributed by atoms with Crippen LogP contribution in [0.1, 0.15) is 53.8 Å². The fourth-order valence-electron chi connectivity index (χ4n) is 4.90. The molecule has 7 nitrogen and oxygen atoms in total. The zero-order valence-corrected chi connectivity index (χ0v) is 18.1. The summed E-state index contributed by atoms with van der Waals surface area (Å²) in [6, 6.07) is 1.18. The second-order valence-electron chi connectivity index (χ2n) is 8.90. The normalized spacial score (nSPS) is 17.3. The Morgan fingerprint density at radius 1 is 1.19 bits per heavy atom. The fourth-order valence-corrected chi connectivity index (χ4v) is 4.90. The largest absolute Gasteiger partial charge is 0.417 e. The molecule has 32 heavy (non-hydrogen) atoms. The van der Waals surface area contributed by atoms with Crippen LogP contribution in [0.25, 0.3) is 5.78 Å². The van der Waals surface area contributed by atoms with Gasteiger partial charge in [0.25, 0.3) is 5.78 Å². The SMILES string of the molecule is Cc1c(N2CCc3ncc(C(F)(F)F)cc3C2)nc2nn(CC3CCCC3)c(=O)n2c1C. The molecule has 0 saturated heterocycles. The lowest BCUT2D eigenvalue weighted by Gasteiger charge is -2.31. The maximum atomic E-state index is 13.1. The third kappa shape index (κ3) is 3.55. The van der Waals surface area contributed by atoms with E-state index in [1.54, 1.807) is 0 Å². The molecule has 4 heterocycles. The molecular weight excluding hydrogens is 421 g/mol. The van der Waals surface area contributed by atoms with Gasteiger partial charge in [-0.3, -0.25) is 4.98 Å². The summed E-state index contributed by atoms with van der Waals surface area (Å²) in [4.78, 5) is 23.6. The molecular formula is C22H25F3N6O. The molecule has 170 valence electrons. The maximum Gasteiger partial charge on any atom is 0.417 e. The molecule has 5 rings (SSSR count). The highest BCUT2D eigenvalue weighted by molar-refractivity contribution is 5.55. The van der Waals surface area contributed by atoms with Crippen molar-refractivity contribution in [1.82, 2.24) is 24.1 Å². The summed E-state index contributed by atoms with van der Waals surface area (Å²) in [7, 11) is 0. The minimum Gasteiger partial charge on any atom is -0.351 e. The van der Waals surface area contributed by atoms with Crippen molar-refractivity contribution in [3.63, 3.8) is 0 Å². The van der Waals surface area contributed by atoms with Gasteiger partial charge >= 0.3 is 11.9 Å². The zero-order chi connectivity index (χ0) is 22.6. The van der Waals surface area contributed by atoms with Crippen LogP contribution >= 0.6 is 0 Å². The van der Waals surface area contributed by atoms with E-state index >= 15 is 0 Å². The van der Waals surface area contributed by atoms with Crippen molar-refractivity contribution >= 4 is 11.6 Å². The number of nitrogens with zero attached hydrogens (tertiary/aromatic N) is 6. The van der Waals surface area contributed by atoms with Gasteiger partial charge in [-0.15, -0.1) is 5.10 Å². The highest BCUT2D eigenvalue weighted by atomic mass is 19.4. The average molecular weight is 446 g/mol. The lowest BCUT2D eigenvalue weighted by molar-refractivity contribution is -0.137. The van der Waals surface area contributed by atoms with Gasteiger partial charge < -0.3 is 4.90 Å². The molecule has 0 unspecified atom stereocenters. The second kappa shape index (κ2) is 7.60. The van der Waals surface area contributed by atoms with E-state index in [1.807, 2.05) is 18.7 Å². The predicted molar refractivity (Wildman–Crippen MR) is 113 cm³/mol. The van der Waals surface area contributed by atoms with E-state index in [4.69, 9.17) is 0 Å². The lowest BCUT2D eigenvalue weighted by Crippen LogP contribution is -2.33. The minimum atomic E-state index is -4.43. The molecule has 0 spiro atoms. The first-order valence-corrected chi connectivity index (χ1v) is 11.0. The van der Waals surface area contributed by atoms with Gasteiger partial charge in [-0.1, -0.05) is 12.8 Å².